The van der Waals surface area contributed by atoms with Gasteiger partial charge in [-0.3, -0.25) is 4.79 Å². The fourth-order valence-corrected chi connectivity index (χ4v) is 2.41. The fourth-order valence-electron chi connectivity index (χ4n) is 2.41. The molecule has 6 nitrogen and oxygen atoms in total. The molecule has 1 aromatic carbocycles. The Morgan fingerprint density at radius 3 is 2.71 bits per heavy atom. The minimum atomic E-state index is -0.796. The summed E-state index contributed by atoms with van der Waals surface area (Å²) in [5, 5.41) is 20.2. The van der Waals surface area contributed by atoms with Gasteiger partial charge in [-0.15, -0.1) is 0 Å². The van der Waals surface area contributed by atoms with Crippen molar-refractivity contribution in [2.45, 2.75) is 19.3 Å². The van der Waals surface area contributed by atoms with Crippen LogP contribution in [0.15, 0.2) is 24.3 Å². The van der Waals surface area contributed by atoms with E-state index in [9.17, 15) is 9.59 Å². The third-order valence-corrected chi connectivity index (χ3v) is 3.60. The predicted molar refractivity (Wildman–Crippen MR) is 76.7 cm³/mol. The van der Waals surface area contributed by atoms with Gasteiger partial charge in [-0.25, -0.2) is 4.79 Å². The number of rotatable bonds is 4. The molecule has 1 aliphatic rings. The van der Waals surface area contributed by atoms with Gasteiger partial charge in [0.25, 0.3) is 0 Å². The molecule has 1 atom stereocenters. The molecule has 1 heterocycles. The molecule has 110 valence electrons. The van der Waals surface area contributed by atoms with Gasteiger partial charge in [0.2, 0.25) is 0 Å². The first-order valence-corrected chi connectivity index (χ1v) is 6.86. The number of likely N-dealkylation sites (tertiary alicyclic amines) is 1. The Balaban J connectivity index is 1.84. The molecule has 6 heteroatoms. The van der Waals surface area contributed by atoms with Crippen molar-refractivity contribution in [3.8, 4) is 6.07 Å². The van der Waals surface area contributed by atoms with E-state index in [0.29, 0.717) is 30.8 Å². The average molecular weight is 287 g/mol. The molecule has 0 bridgehead atoms. The molecule has 0 spiro atoms. The first-order chi connectivity index (χ1) is 10.1. The van der Waals surface area contributed by atoms with Crippen molar-refractivity contribution < 1.29 is 14.7 Å². The van der Waals surface area contributed by atoms with Gasteiger partial charge in [0.05, 0.1) is 11.6 Å². The van der Waals surface area contributed by atoms with Crippen LogP contribution in [-0.2, 0) is 4.79 Å². The zero-order chi connectivity index (χ0) is 15.2. The lowest BCUT2D eigenvalue weighted by Gasteiger charge is -2.17. The van der Waals surface area contributed by atoms with E-state index in [1.165, 1.54) is 0 Å². The van der Waals surface area contributed by atoms with E-state index < -0.39 is 5.97 Å². The van der Waals surface area contributed by atoms with Crippen LogP contribution < -0.4 is 5.32 Å². The van der Waals surface area contributed by atoms with Gasteiger partial charge in [-0.2, -0.15) is 5.26 Å². The van der Waals surface area contributed by atoms with Crippen molar-refractivity contribution in [1.82, 2.24) is 4.90 Å². The second-order valence-corrected chi connectivity index (χ2v) is 5.15. The number of benzene rings is 1. The third kappa shape index (κ3) is 4.21. The molecule has 1 aliphatic heterocycles. The molecule has 0 aromatic heterocycles. The molecule has 0 radical (unpaired) electrons. The van der Waals surface area contributed by atoms with Crippen LogP contribution in [0.25, 0.3) is 0 Å². The summed E-state index contributed by atoms with van der Waals surface area (Å²) in [5.41, 5.74) is 1.19. The zero-order valence-electron chi connectivity index (χ0n) is 11.6. The van der Waals surface area contributed by atoms with Gasteiger partial charge < -0.3 is 15.3 Å². The Morgan fingerprint density at radius 2 is 2.10 bits per heavy atom. The van der Waals surface area contributed by atoms with E-state index in [2.05, 4.69) is 5.32 Å². The predicted octanol–water partition coefficient (Wildman–Crippen LogP) is 2.28. The highest BCUT2D eigenvalue weighted by molar-refractivity contribution is 5.89. The van der Waals surface area contributed by atoms with Gasteiger partial charge in [-0.05, 0) is 43.0 Å². The minimum absolute atomic E-state index is 0.149. The average Bonchev–Trinajstić information content (AvgIpc) is 2.95. The highest BCUT2D eigenvalue weighted by Gasteiger charge is 2.26. The molecule has 0 saturated carbocycles. The number of nitriles is 1. The normalized spacial score (nSPS) is 17.3. The van der Waals surface area contributed by atoms with Gasteiger partial charge in [0.15, 0.2) is 0 Å². The van der Waals surface area contributed by atoms with Gasteiger partial charge in [0, 0.05) is 25.2 Å². The standard InChI is InChI=1S/C15H17N3O3/c16-9-11-1-4-13(5-2-11)17-15(21)18-8-7-12(10-18)3-6-14(19)20/h1-2,4-5,12H,3,6-8,10H2,(H,17,21)(H,19,20). The fraction of sp³-hybridized carbons (Fsp3) is 0.400. The summed E-state index contributed by atoms with van der Waals surface area (Å²) in [5.74, 6) is -0.539. The van der Waals surface area contributed by atoms with Crippen molar-refractivity contribution in [3.05, 3.63) is 29.8 Å². The number of urea groups is 1. The van der Waals surface area contributed by atoms with Gasteiger partial charge in [0.1, 0.15) is 0 Å². The number of nitrogens with one attached hydrogen (secondary N) is 1. The number of amides is 2. The third-order valence-electron chi connectivity index (χ3n) is 3.60. The van der Waals surface area contributed by atoms with Crippen LogP contribution in [0.5, 0.6) is 0 Å². The molecule has 21 heavy (non-hydrogen) atoms. The summed E-state index contributed by atoms with van der Waals surface area (Å²) < 4.78 is 0. The first-order valence-electron chi connectivity index (χ1n) is 6.86. The van der Waals surface area contributed by atoms with Crippen molar-refractivity contribution in [2.75, 3.05) is 18.4 Å². The van der Waals surface area contributed by atoms with Crippen LogP contribution in [0, 0.1) is 17.2 Å². The number of carboxylic acids is 1. The molecule has 0 aliphatic carbocycles. The smallest absolute Gasteiger partial charge is 0.321 e. The minimum Gasteiger partial charge on any atom is -0.481 e. The van der Waals surface area contributed by atoms with E-state index in [-0.39, 0.29) is 18.4 Å². The maximum atomic E-state index is 12.1. The number of carbonyl (C=O) groups is 2. The SMILES string of the molecule is N#Cc1ccc(NC(=O)N2CCC(CCC(=O)O)C2)cc1. The molecule has 1 aromatic rings. The molecule has 2 N–H and O–H groups in total. The van der Waals surface area contributed by atoms with Crippen molar-refractivity contribution >= 4 is 17.7 Å². The van der Waals surface area contributed by atoms with Crippen LogP contribution in [0.2, 0.25) is 0 Å². The number of hydrogen-bond donors (Lipinski definition) is 2. The van der Waals surface area contributed by atoms with E-state index in [1.807, 2.05) is 6.07 Å². The quantitative estimate of drug-likeness (QED) is 0.888. The van der Waals surface area contributed by atoms with Gasteiger partial charge in [-0.1, -0.05) is 0 Å². The summed E-state index contributed by atoms with van der Waals surface area (Å²) in [6, 6.07) is 8.51. The van der Waals surface area contributed by atoms with E-state index in [0.717, 1.165) is 6.42 Å². The van der Waals surface area contributed by atoms with E-state index >= 15 is 0 Å². The lowest BCUT2D eigenvalue weighted by Crippen LogP contribution is -2.33. The Labute approximate surface area is 123 Å². The number of carboxylic acid groups (broad SMARTS) is 1. The van der Waals surface area contributed by atoms with Gasteiger partial charge >= 0.3 is 12.0 Å². The van der Waals surface area contributed by atoms with Crippen LogP contribution >= 0.6 is 0 Å². The Kier molecular flexibility index (Phi) is 4.77. The molecule has 1 fully saturated rings. The number of aliphatic carboxylic acids is 1. The lowest BCUT2D eigenvalue weighted by molar-refractivity contribution is -0.137. The van der Waals surface area contributed by atoms with Crippen molar-refractivity contribution in [2.24, 2.45) is 5.92 Å². The second-order valence-electron chi connectivity index (χ2n) is 5.15. The Bertz CT molecular complexity index is 563. The van der Waals surface area contributed by atoms with Crippen LogP contribution in [-0.4, -0.2) is 35.1 Å². The molecular weight excluding hydrogens is 270 g/mol. The Morgan fingerprint density at radius 1 is 1.38 bits per heavy atom. The summed E-state index contributed by atoms with van der Waals surface area (Å²) in [4.78, 5) is 24.3. The second kappa shape index (κ2) is 6.75. The summed E-state index contributed by atoms with van der Waals surface area (Å²) in [7, 11) is 0. The Hall–Kier alpha value is -2.55. The lowest BCUT2D eigenvalue weighted by atomic mass is 10.0. The van der Waals surface area contributed by atoms with Crippen molar-refractivity contribution in [3.63, 3.8) is 0 Å². The summed E-state index contributed by atoms with van der Waals surface area (Å²) in [6.07, 6.45) is 1.60. The molecule has 2 rings (SSSR count). The molecule has 1 unspecified atom stereocenters. The summed E-state index contributed by atoms with van der Waals surface area (Å²) >= 11 is 0. The van der Waals surface area contributed by atoms with E-state index in [4.69, 9.17) is 10.4 Å². The monoisotopic (exact) mass is 287 g/mol. The topological polar surface area (TPSA) is 93.4 Å². The highest BCUT2D eigenvalue weighted by atomic mass is 16.4. The molecular formula is C15H17N3O3. The van der Waals surface area contributed by atoms with Crippen LogP contribution in [0.1, 0.15) is 24.8 Å². The number of nitrogens with zero attached hydrogens (tertiary/aromatic N) is 2. The molecule has 2 amide bonds. The van der Waals surface area contributed by atoms with Crippen LogP contribution in [0.3, 0.4) is 0 Å². The largest absolute Gasteiger partial charge is 0.481 e. The maximum absolute atomic E-state index is 12.1. The first kappa shape index (κ1) is 14.9. The number of hydrogen-bond acceptors (Lipinski definition) is 3. The highest BCUT2D eigenvalue weighted by Crippen LogP contribution is 2.22. The number of anilines is 1. The maximum Gasteiger partial charge on any atom is 0.321 e. The molecule has 1 saturated heterocycles. The number of carbonyl (C=O) groups excluding carboxylic acids is 1. The summed E-state index contributed by atoms with van der Waals surface area (Å²) in [6.45, 7) is 1.24. The van der Waals surface area contributed by atoms with E-state index in [1.54, 1.807) is 29.2 Å². The van der Waals surface area contributed by atoms with Crippen LogP contribution in [0.4, 0.5) is 10.5 Å². The van der Waals surface area contributed by atoms with Crippen molar-refractivity contribution in [1.29, 1.82) is 5.26 Å². The zero-order valence-corrected chi connectivity index (χ0v) is 11.6.